The SMILES string of the molecule is CC.COc1cc(C)cc2c1NC(=O)C2. The van der Waals surface area contributed by atoms with E-state index < -0.39 is 0 Å². The zero-order valence-corrected chi connectivity index (χ0v) is 9.68. The molecular formula is C12H17NO2. The minimum atomic E-state index is 0.0406. The van der Waals surface area contributed by atoms with Crippen LogP contribution in [-0.4, -0.2) is 13.0 Å². The lowest BCUT2D eigenvalue weighted by atomic mass is 10.1. The molecule has 82 valence electrons. The number of ether oxygens (including phenoxy) is 1. The van der Waals surface area contributed by atoms with Crippen LogP contribution in [0.25, 0.3) is 0 Å². The number of methoxy groups -OCH3 is 1. The number of fused-ring (bicyclic) bond motifs is 1. The summed E-state index contributed by atoms with van der Waals surface area (Å²) in [5, 5.41) is 2.78. The molecule has 0 aromatic heterocycles. The molecule has 0 bridgehead atoms. The summed E-state index contributed by atoms with van der Waals surface area (Å²) in [6, 6.07) is 3.93. The molecule has 15 heavy (non-hydrogen) atoms. The Balaban J connectivity index is 0.000000531. The summed E-state index contributed by atoms with van der Waals surface area (Å²) in [4.78, 5) is 11.1. The number of carbonyl (C=O) groups excluding carboxylic acids is 1. The van der Waals surface area contributed by atoms with Gasteiger partial charge in [-0.2, -0.15) is 0 Å². The maximum absolute atomic E-state index is 11.1. The third-order valence-electron chi connectivity index (χ3n) is 2.16. The first-order valence-electron chi connectivity index (χ1n) is 5.18. The van der Waals surface area contributed by atoms with Gasteiger partial charge in [-0.1, -0.05) is 19.9 Å². The van der Waals surface area contributed by atoms with Crippen LogP contribution in [0.3, 0.4) is 0 Å². The van der Waals surface area contributed by atoms with Gasteiger partial charge in [0.05, 0.1) is 19.2 Å². The van der Waals surface area contributed by atoms with Crippen molar-refractivity contribution in [3.05, 3.63) is 23.3 Å². The first kappa shape index (κ1) is 11.6. The number of amides is 1. The highest BCUT2D eigenvalue weighted by Crippen LogP contribution is 2.34. The highest BCUT2D eigenvalue weighted by Gasteiger charge is 2.21. The molecule has 1 aromatic carbocycles. The zero-order valence-electron chi connectivity index (χ0n) is 9.68. The molecule has 0 saturated carbocycles. The third-order valence-corrected chi connectivity index (χ3v) is 2.16. The Hall–Kier alpha value is -1.51. The topological polar surface area (TPSA) is 38.3 Å². The molecule has 0 atom stereocenters. The maximum atomic E-state index is 11.1. The second kappa shape index (κ2) is 4.82. The fourth-order valence-corrected chi connectivity index (χ4v) is 1.62. The van der Waals surface area contributed by atoms with Crippen molar-refractivity contribution in [3.63, 3.8) is 0 Å². The van der Waals surface area contributed by atoms with Gasteiger partial charge >= 0.3 is 0 Å². The maximum Gasteiger partial charge on any atom is 0.228 e. The van der Waals surface area contributed by atoms with Gasteiger partial charge in [-0.05, 0) is 24.1 Å². The van der Waals surface area contributed by atoms with Gasteiger partial charge in [0.25, 0.3) is 0 Å². The minimum absolute atomic E-state index is 0.0406. The van der Waals surface area contributed by atoms with Gasteiger partial charge in [-0.3, -0.25) is 4.79 Å². The van der Waals surface area contributed by atoms with E-state index in [-0.39, 0.29) is 5.91 Å². The van der Waals surface area contributed by atoms with E-state index in [0.29, 0.717) is 6.42 Å². The summed E-state index contributed by atoms with van der Waals surface area (Å²) in [6.07, 6.45) is 0.466. The van der Waals surface area contributed by atoms with Crippen LogP contribution in [-0.2, 0) is 11.2 Å². The summed E-state index contributed by atoms with van der Waals surface area (Å²) in [6.45, 7) is 5.99. The van der Waals surface area contributed by atoms with E-state index in [2.05, 4.69) is 5.32 Å². The van der Waals surface area contributed by atoms with Crippen molar-refractivity contribution in [1.29, 1.82) is 0 Å². The van der Waals surface area contributed by atoms with Crippen LogP contribution in [0, 0.1) is 6.92 Å². The van der Waals surface area contributed by atoms with Gasteiger partial charge in [0.15, 0.2) is 0 Å². The smallest absolute Gasteiger partial charge is 0.228 e. The van der Waals surface area contributed by atoms with Crippen molar-refractivity contribution in [1.82, 2.24) is 0 Å². The Labute approximate surface area is 90.4 Å². The quantitative estimate of drug-likeness (QED) is 0.768. The molecule has 0 unspecified atom stereocenters. The van der Waals surface area contributed by atoms with Crippen LogP contribution >= 0.6 is 0 Å². The monoisotopic (exact) mass is 207 g/mol. The molecule has 0 fully saturated rings. The number of rotatable bonds is 1. The van der Waals surface area contributed by atoms with E-state index in [4.69, 9.17) is 4.74 Å². The van der Waals surface area contributed by atoms with Gasteiger partial charge in [-0.15, -0.1) is 0 Å². The van der Waals surface area contributed by atoms with Crippen LogP contribution in [0.4, 0.5) is 5.69 Å². The second-order valence-corrected chi connectivity index (χ2v) is 3.23. The molecule has 1 aliphatic heterocycles. The normalized spacial score (nSPS) is 12.4. The van der Waals surface area contributed by atoms with Gasteiger partial charge in [-0.25, -0.2) is 0 Å². The van der Waals surface area contributed by atoms with Crippen LogP contribution in [0.2, 0.25) is 0 Å². The Morgan fingerprint density at radius 3 is 2.60 bits per heavy atom. The van der Waals surface area contributed by atoms with Gasteiger partial charge < -0.3 is 10.1 Å². The van der Waals surface area contributed by atoms with Crippen molar-refractivity contribution in [3.8, 4) is 5.75 Å². The number of anilines is 1. The van der Waals surface area contributed by atoms with E-state index >= 15 is 0 Å². The van der Waals surface area contributed by atoms with Gasteiger partial charge in [0.1, 0.15) is 5.75 Å². The summed E-state index contributed by atoms with van der Waals surface area (Å²) < 4.78 is 5.17. The number of hydrogen-bond acceptors (Lipinski definition) is 2. The zero-order chi connectivity index (χ0) is 11.4. The van der Waals surface area contributed by atoms with Crippen molar-refractivity contribution in [2.75, 3.05) is 12.4 Å². The van der Waals surface area contributed by atoms with Crippen LogP contribution < -0.4 is 10.1 Å². The molecule has 1 aliphatic rings. The molecule has 1 amide bonds. The molecule has 1 aromatic rings. The molecule has 0 saturated heterocycles. The molecule has 0 spiro atoms. The number of hydrogen-bond donors (Lipinski definition) is 1. The highest BCUT2D eigenvalue weighted by molar-refractivity contribution is 6.01. The van der Waals surface area contributed by atoms with Gasteiger partial charge in [0.2, 0.25) is 5.91 Å². The molecule has 3 heteroatoms. The van der Waals surface area contributed by atoms with E-state index in [0.717, 1.165) is 22.6 Å². The lowest BCUT2D eigenvalue weighted by Gasteiger charge is -2.07. The third kappa shape index (κ3) is 2.29. The van der Waals surface area contributed by atoms with Crippen molar-refractivity contribution in [2.24, 2.45) is 0 Å². The number of benzene rings is 1. The average molecular weight is 207 g/mol. The average Bonchev–Trinajstić information content (AvgIpc) is 2.60. The van der Waals surface area contributed by atoms with E-state index in [9.17, 15) is 4.79 Å². The minimum Gasteiger partial charge on any atom is -0.495 e. The number of aryl methyl sites for hydroxylation is 1. The first-order chi connectivity index (χ1) is 7.20. The predicted molar refractivity (Wildman–Crippen MR) is 61.4 cm³/mol. The first-order valence-corrected chi connectivity index (χ1v) is 5.18. The fourth-order valence-electron chi connectivity index (χ4n) is 1.62. The summed E-state index contributed by atoms with van der Waals surface area (Å²) >= 11 is 0. The standard InChI is InChI=1S/C10H11NO2.C2H6/c1-6-3-7-5-9(12)11-10(7)8(4-6)13-2;1-2/h3-4H,5H2,1-2H3,(H,11,12);1-2H3. The predicted octanol–water partition coefficient (Wildman–Crippen LogP) is 2.52. The van der Waals surface area contributed by atoms with Crippen molar-refractivity contribution < 1.29 is 9.53 Å². The van der Waals surface area contributed by atoms with E-state index in [1.165, 1.54) is 0 Å². The van der Waals surface area contributed by atoms with Gasteiger partial charge in [0, 0.05) is 0 Å². The lowest BCUT2D eigenvalue weighted by molar-refractivity contribution is -0.115. The lowest BCUT2D eigenvalue weighted by Crippen LogP contribution is -2.04. The highest BCUT2D eigenvalue weighted by atomic mass is 16.5. The Bertz CT molecular complexity index is 372. The second-order valence-electron chi connectivity index (χ2n) is 3.23. The molecule has 3 nitrogen and oxygen atoms in total. The van der Waals surface area contributed by atoms with E-state index in [1.807, 2.05) is 32.9 Å². The number of carbonyl (C=O) groups is 1. The van der Waals surface area contributed by atoms with Crippen LogP contribution in [0.1, 0.15) is 25.0 Å². The molecular weight excluding hydrogens is 190 g/mol. The number of nitrogens with one attached hydrogen (secondary N) is 1. The molecule has 0 aliphatic carbocycles. The molecule has 0 radical (unpaired) electrons. The summed E-state index contributed by atoms with van der Waals surface area (Å²) in [5.74, 6) is 0.791. The van der Waals surface area contributed by atoms with Crippen LogP contribution in [0.5, 0.6) is 5.75 Å². The summed E-state index contributed by atoms with van der Waals surface area (Å²) in [5.41, 5.74) is 2.98. The Kier molecular flexibility index (Phi) is 3.72. The molecule has 2 rings (SSSR count). The van der Waals surface area contributed by atoms with Crippen molar-refractivity contribution in [2.45, 2.75) is 27.2 Å². The Morgan fingerprint density at radius 2 is 2.00 bits per heavy atom. The van der Waals surface area contributed by atoms with E-state index in [1.54, 1.807) is 7.11 Å². The van der Waals surface area contributed by atoms with Crippen LogP contribution in [0.15, 0.2) is 12.1 Å². The largest absolute Gasteiger partial charge is 0.495 e. The molecule has 1 heterocycles. The van der Waals surface area contributed by atoms with Crippen molar-refractivity contribution >= 4 is 11.6 Å². The summed E-state index contributed by atoms with van der Waals surface area (Å²) in [7, 11) is 1.61. The molecule has 1 N–H and O–H groups in total. The fraction of sp³-hybridized carbons (Fsp3) is 0.417. The Morgan fingerprint density at radius 1 is 1.33 bits per heavy atom.